The van der Waals surface area contributed by atoms with E-state index in [4.69, 9.17) is 0 Å². The van der Waals surface area contributed by atoms with Crippen molar-refractivity contribution in [1.29, 1.82) is 0 Å². The highest BCUT2D eigenvalue weighted by Gasteiger charge is 2.32. The third-order valence-corrected chi connectivity index (χ3v) is 5.40. The zero-order chi connectivity index (χ0) is 19.5. The maximum absolute atomic E-state index is 13.0. The Morgan fingerprint density at radius 3 is 2.89 bits per heavy atom. The van der Waals surface area contributed by atoms with E-state index in [1.165, 1.54) is 0 Å². The molecule has 1 unspecified atom stereocenters. The quantitative estimate of drug-likeness (QED) is 0.711. The molecule has 0 bridgehead atoms. The second-order valence-corrected chi connectivity index (χ2v) is 7.56. The lowest BCUT2D eigenvalue weighted by Crippen LogP contribution is -2.31. The van der Waals surface area contributed by atoms with E-state index in [0.29, 0.717) is 18.9 Å². The number of carbonyl (C=O) groups is 1. The molecule has 0 aliphatic carbocycles. The number of H-pyrrole nitrogens is 1. The summed E-state index contributed by atoms with van der Waals surface area (Å²) in [5, 5.41) is 7.40. The summed E-state index contributed by atoms with van der Waals surface area (Å²) < 4.78 is 2.09. The normalized spacial score (nSPS) is 16.8. The van der Waals surface area contributed by atoms with Crippen LogP contribution >= 0.6 is 0 Å². The van der Waals surface area contributed by atoms with Crippen LogP contribution in [0.1, 0.15) is 56.6 Å². The molecule has 28 heavy (non-hydrogen) atoms. The van der Waals surface area contributed by atoms with E-state index in [9.17, 15) is 4.79 Å². The average Bonchev–Trinajstić information content (AvgIpc) is 3.46. The molecule has 3 aromatic rings. The molecular formula is C21H26N6O. The van der Waals surface area contributed by atoms with Crippen molar-refractivity contribution >= 4 is 5.91 Å². The maximum Gasteiger partial charge on any atom is 0.224 e. The SMILES string of the molecule is CC(C)c1nccn1CCC(=O)N1CCCC1c1[nH]ncc1-c1ccncc1. The van der Waals surface area contributed by atoms with Crippen LogP contribution in [0.15, 0.2) is 43.1 Å². The van der Waals surface area contributed by atoms with Crippen molar-refractivity contribution in [3.8, 4) is 11.1 Å². The minimum absolute atomic E-state index is 0.0468. The van der Waals surface area contributed by atoms with Gasteiger partial charge < -0.3 is 9.47 Å². The second kappa shape index (κ2) is 7.96. The highest BCUT2D eigenvalue weighted by Crippen LogP contribution is 2.36. The van der Waals surface area contributed by atoms with Crippen molar-refractivity contribution < 1.29 is 4.79 Å². The largest absolute Gasteiger partial charge is 0.334 e. The van der Waals surface area contributed by atoms with Gasteiger partial charge >= 0.3 is 0 Å². The molecular weight excluding hydrogens is 352 g/mol. The Balaban J connectivity index is 1.49. The van der Waals surface area contributed by atoms with Gasteiger partial charge in [0.1, 0.15) is 5.82 Å². The van der Waals surface area contributed by atoms with E-state index >= 15 is 0 Å². The lowest BCUT2D eigenvalue weighted by Gasteiger charge is -2.25. The molecule has 1 N–H and O–H groups in total. The molecule has 1 fully saturated rings. The first-order valence-electron chi connectivity index (χ1n) is 9.89. The molecule has 3 aromatic heterocycles. The zero-order valence-electron chi connectivity index (χ0n) is 16.4. The van der Waals surface area contributed by atoms with Gasteiger partial charge in [-0.2, -0.15) is 5.10 Å². The number of aromatic amines is 1. The zero-order valence-corrected chi connectivity index (χ0v) is 16.4. The number of aromatic nitrogens is 5. The number of pyridine rings is 1. The van der Waals surface area contributed by atoms with Crippen LogP contribution in [0.5, 0.6) is 0 Å². The van der Waals surface area contributed by atoms with Gasteiger partial charge in [0.2, 0.25) is 5.91 Å². The van der Waals surface area contributed by atoms with Crippen molar-refractivity contribution in [3.63, 3.8) is 0 Å². The minimum atomic E-state index is 0.0468. The first kappa shape index (κ1) is 18.4. The number of aryl methyl sites for hydroxylation is 1. The summed E-state index contributed by atoms with van der Waals surface area (Å²) >= 11 is 0. The van der Waals surface area contributed by atoms with Gasteiger partial charge in [0.15, 0.2) is 0 Å². The first-order chi connectivity index (χ1) is 13.6. The summed E-state index contributed by atoms with van der Waals surface area (Å²) in [6.45, 7) is 5.70. The van der Waals surface area contributed by atoms with Gasteiger partial charge in [-0.3, -0.25) is 14.9 Å². The smallest absolute Gasteiger partial charge is 0.224 e. The number of likely N-dealkylation sites (tertiary alicyclic amines) is 1. The standard InChI is InChI=1S/C21H26N6O/c1-15(2)21-23-10-13-26(21)12-7-19(28)27-11-3-4-18(27)20-17(14-24-25-20)16-5-8-22-9-6-16/h5-6,8-10,13-15,18H,3-4,7,11-12H2,1-2H3,(H,24,25). The highest BCUT2D eigenvalue weighted by molar-refractivity contribution is 5.77. The fourth-order valence-corrected chi connectivity index (χ4v) is 4.05. The van der Waals surface area contributed by atoms with Crippen molar-refractivity contribution in [3.05, 3.63) is 54.6 Å². The lowest BCUT2D eigenvalue weighted by atomic mass is 10.0. The molecule has 4 rings (SSSR count). The fourth-order valence-electron chi connectivity index (χ4n) is 4.05. The summed E-state index contributed by atoms with van der Waals surface area (Å²) in [6, 6.07) is 4.00. The predicted molar refractivity (Wildman–Crippen MR) is 106 cm³/mol. The second-order valence-electron chi connectivity index (χ2n) is 7.56. The molecule has 0 radical (unpaired) electrons. The monoisotopic (exact) mass is 378 g/mol. The maximum atomic E-state index is 13.0. The third kappa shape index (κ3) is 3.56. The summed E-state index contributed by atoms with van der Waals surface area (Å²) in [6.07, 6.45) is 11.6. The number of rotatable bonds is 6. The molecule has 1 aliphatic heterocycles. The van der Waals surface area contributed by atoms with Crippen molar-refractivity contribution in [1.82, 2.24) is 29.6 Å². The number of hydrogen-bond acceptors (Lipinski definition) is 4. The Morgan fingerprint density at radius 1 is 1.29 bits per heavy atom. The van der Waals surface area contributed by atoms with Crippen LogP contribution in [0.25, 0.3) is 11.1 Å². The number of carbonyl (C=O) groups excluding carboxylic acids is 1. The molecule has 0 aromatic carbocycles. The van der Waals surface area contributed by atoms with Gasteiger partial charge in [0.25, 0.3) is 0 Å². The molecule has 1 atom stereocenters. The molecule has 0 spiro atoms. The van der Waals surface area contributed by atoms with Crippen LogP contribution in [0, 0.1) is 0 Å². The molecule has 7 nitrogen and oxygen atoms in total. The number of hydrogen-bond donors (Lipinski definition) is 1. The number of nitrogens with one attached hydrogen (secondary N) is 1. The van der Waals surface area contributed by atoms with Crippen LogP contribution in [0.3, 0.4) is 0 Å². The van der Waals surface area contributed by atoms with Crippen molar-refractivity contribution in [2.45, 2.75) is 51.6 Å². The van der Waals surface area contributed by atoms with E-state index in [1.807, 2.05) is 35.6 Å². The van der Waals surface area contributed by atoms with Gasteiger partial charge in [0, 0.05) is 55.8 Å². The molecule has 4 heterocycles. The molecule has 0 saturated carbocycles. The Hall–Kier alpha value is -2.96. The average molecular weight is 378 g/mol. The fraction of sp³-hybridized carbons (Fsp3) is 0.429. The van der Waals surface area contributed by atoms with Gasteiger partial charge in [-0.05, 0) is 30.5 Å². The predicted octanol–water partition coefficient (Wildman–Crippen LogP) is 3.55. The van der Waals surface area contributed by atoms with E-state index in [1.54, 1.807) is 12.4 Å². The lowest BCUT2D eigenvalue weighted by molar-refractivity contribution is -0.132. The number of nitrogens with zero attached hydrogens (tertiary/aromatic N) is 5. The van der Waals surface area contributed by atoms with Crippen molar-refractivity contribution in [2.24, 2.45) is 0 Å². The third-order valence-electron chi connectivity index (χ3n) is 5.40. The molecule has 1 aliphatic rings. The summed E-state index contributed by atoms with van der Waals surface area (Å²) in [4.78, 5) is 23.5. The number of imidazole rings is 1. The highest BCUT2D eigenvalue weighted by atomic mass is 16.2. The summed E-state index contributed by atoms with van der Waals surface area (Å²) in [5.41, 5.74) is 3.13. The van der Waals surface area contributed by atoms with E-state index in [0.717, 1.165) is 42.0 Å². The van der Waals surface area contributed by atoms with Crippen molar-refractivity contribution in [2.75, 3.05) is 6.54 Å². The topological polar surface area (TPSA) is 79.7 Å². The Labute approximate surface area is 164 Å². The Kier molecular flexibility index (Phi) is 5.23. The van der Waals surface area contributed by atoms with Crippen LogP contribution < -0.4 is 0 Å². The van der Waals surface area contributed by atoms with Gasteiger partial charge in [-0.25, -0.2) is 4.98 Å². The van der Waals surface area contributed by atoms with E-state index in [2.05, 4.69) is 38.6 Å². The van der Waals surface area contributed by atoms with E-state index in [-0.39, 0.29) is 11.9 Å². The van der Waals surface area contributed by atoms with Gasteiger partial charge in [0.05, 0.1) is 17.9 Å². The molecule has 1 saturated heterocycles. The van der Waals surface area contributed by atoms with Crippen LogP contribution in [0.2, 0.25) is 0 Å². The van der Waals surface area contributed by atoms with E-state index < -0.39 is 0 Å². The van der Waals surface area contributed by atoms with Crippen LogP contribution in [-0.4, -0.2) is 42.1 Å². The molecule has 1 amide bonds. The molecule has 146 valence electrons. The van der Waals surface area contributed by atoms with Gasteiger partial charge in [-0.15, -0.1) is 0 Å². The Morgan fingerprint density at radius 2 is 2.11 bits per heavy atom. The summed E-state index contributed by atoms with van der Waals surface area (Å²) in [5.74, 6) is 1.55. The Bertz CT molecular complexity index is 929. The minimum Gasteiger partial charge on any atom is -0.334 e. The number of amides is 1. The summed E-state index contributed by atoms with van der Waals surface area (Å²) in [7, 11) is 0. The van der Waals surface area contributed by atoms with Gasteiger partial charge in [-0.1, -0.05) is 13.8 Å². The van der Waals surface area contributed by atoms with Crippen LogP contribution in [0.4, 0.5) is 0 Å². The molecule has 7 heteroatoms. The first-order valence-corrected chi connectivity index (χ1v) is 9.89. The van der Waals surface area contributed by atoms with Crippen LogP contribution in [-0.2, 0) is 11.3 Å².